The smallest absolute Gasteiger partial charge is 0.0593 e. The molecule has 3 N–H and O–H groups in total. The fraction of sp³-hybridized carbons (Fsp3) is 0.500. The number of rotatable bonds is 3. The number of hydrogen-bond donors (Lipinski definition) is 2. The minimum absolute atomic E-state index is 0.110. The predicted octanol–water partition coefficient (Wildman–Crippen LogP) is 3.52. The summed E-state index contributed by atoms with van der Waals surface area (Å²) in [5.41, 5.74) is 7.71. The number of halogens is 1. The van der Waals surface area contributed by atoms with Crippen molar-refractivity contribution in [1.82, 2.24) is 0 Å². The third-order valence-electron chi connectivity index (χ3n) is 3.07. The van der Waals surface area contributed by atoms with Crippen LogP contribution >= 0.6 is 11.6 Å². The normalized spacial score (nSPS) is 16.5. The molecule has 0 unspecified atom stereocenters. The van der Waals surface area contributed by atoms with Gasteiger partial charge in [0.25, 0.3) is 0 Å². The molecule has 0 spiro atoms. The molecule has 2 nitrogen and oxygen atoms in total. The zero-order valence-electron chi connectivity index (χ0n) is 9.18. The van der Waals surface area contributed by atoms with E-state index in [-0.39, 0.29) is 5.54 Å². The Bertz CT molecular complexity index is 370. The minimum Gasteiger partial charge on any atom is -0.397 e. The summed E-state index contributed by atoms with van der Waals surface area (Å²) in [7, 11) is 0. The van der Waals surface area contributed by atoms with Crippen molar-refractivity contribution in [2.45, 2.75) is 32.2 Å². The van der Waals surface area contributed by atoms with Gasteiger partial charge in [-0.15, -0.1) is 0 Å². The lowest BCUT2D eigenvalue weighted by atomic mass is 9.98. The van der Waals surface area contributed by atoms with Gasteiger partial charge in [0, 0.05) is 10.6 Å². The highest BCUT2D eigenvalue weighted by atomic mass is 35.5. The summed E-state index contributed by atoms with van der Waals surface area (Å²) >= 11 is 5.95. The van der Waals surface area contributed by atoms with Crippen molar-refractivity contribution in [2.24, 2.45) is 5.92 Å². The largest absolute Gasteiger partial charge is 0.397 e. The lowest BCUT2D eigenvalue weighted by Gasteiger charge is -2.28. The monoisotopic (exact) mass is 224 g/mol. The van der Waals surface area contributed by atoms with Crippen LogP contribution in [0.4, 0.5) is 11.4 Å². The maximum atomic E-state index is 5.95. The van der Waals surface area contributed by atoms with Crippen LogP contribution in [0.1, 0.15) is 26.7 Å². The van der Waals surface area contributed by atoms with Crippen LogP contribution in [-0.4, -0.2) is 5.54 Å². The fourth-order valence-corrected chi connectivity index (χ4v) is 2.06. The summed E-state index contributed by atoms with van der Waals surface area (Å²) in [4.78, 5) is 0. The maximum Gasteiger partial charge on any atom is 0.0593 e. The maximum absolute atomic E-state index is 5.95. The molecule has 82 valence electrons. The van der Waals surface area contributed by atoms with Gasteiger partial charge in [0.05, 0.1) is 11.4 Å². The van der Waals surface area contributed by atoms with E-state index in [1.807, 2.05) is 18.2 Å². The van der Waals surface area contributed by atoms with Gasteiger partial charge < -0.3 is 11.1 Å². The van der Waals surface area contributed by atoms with Gasteiger partial charge in [-0.05, 0) is 50.8 Å². The molecule has 1 aliphatic rings. The van der Waals surface area contributed by atoms with E-state index in [9.17, 15) is 0 Å². The first kappa shape index (κ1) is 10.6. The Hall–Kier alpha value is -0.890. The van der Waals surface area contributed by atoms with Gasteiger partial charge in [-0.1, -0.05) is 11.6 Å². The van der Waals surface area contributed by atoms with Crippen molar-refractivity contribution in [2.75, 3.05) is 11.1 Å². The molecule has 0 amide bonds. The number of hydrogen-bond acceptors (Lipinski definition) is 2. The zero-order chi connectivity index (χ0) is 11.1. The Morgan fingerprint density at radius 1 is 1.40 bits per heavy atom. The van der Waals surface area contributed by atoms with E-state index in [2.05, 4.69) is 19.2 Å². The SMILES string of the molecule is CC(C)(Nc1cc(Cl)ccc1N)C1CC1. The van der Waals surface area contributed by atoms with Crippen LogP contribution in [0, 0.1) is 5.92 Å². The second-order valence-corrected chi connectivity index (χ2v) is 5.29. The molecule has 0 bridgehead atoms. The van der Waals surface area contributed by atoms with Crippen molar-refractivity contribution in [1.29, 1.82) is 0 Å². The molecule has 1 fully saturated rings. The van der Waals surface area contributed by atoms with Crippen molar-refractivity contribution >= 4 is 23.0 Å². The van der Waals surface area contributed by atoms with Crippen molar-refractivity contribution in [3.63, 3.8) is 0 Å². The molecule has 0 radical (unpaired) electrons. The highest BCUT2D eigenvalue weighted by Gasteiger charge is 2.37. The van der Waals surface area contributed by atoms with E-state index in [4.69, 9.17) is 17.3 Å². The molecular weight excluding hydrogens is 208 g/mol. The Balaban J connectivity index is 2.19. The predicted molar refractivity (Wildman–Crippen MR) is 66.3 cm³/mol. The zero-order valence-corrected chi connectivity index (χ0v) is 9.93. The van der Waals surface area contributed by atoms with E-state index in [1.165, 1.54) is 12.8 Å². The van der Waals surface area contributed by atoms with Gasteiger partial charge >= 0.3 is 0 Å². The van der Waals surface area contributed by atoms with Crippen LogP contribution in [0.25, 0.3) is 0 Å². The van der Waals surface area contributed by atoms with Crippen LogP contribution in [0.3, 0.4) is 0 Å². The van der Waals surface area contributed by atoms with Crippen LogP contribution in [0.5, 0.6) is 0 Å². The summed E-state index contributed by atoms with van der Waals surface area (Å²) in [5.74, 6) is 0.760. The molecule has 0 aromatic heterocycles. The molecule has 0 aliphatic heterocycles. The summed E-state index contributed by atoms with van der Waals surface area (Å²) < 4.78 is 0. The van der Waals surface area contributed by atoms with E-state index in [0.29, 0.717) is 0 Å². The molecule has 0 heterocycles. The van der Waals surface area contributed by atoms with Crippen LogP contribution in [0.2, 0.25) is 5.02 Å². The van der Waals surface area contributed by atoms with Gasteiger partial charge in [0.15, 0.2) is 0 Å². The number of nitrogens with one attached hydrogen (secondary N) is 1. The highest BCUT2D eigenvalue weighted by Crippen LogP contribution is 2.42. The number of nitrogens with two attached hydrogens (primary N) is 1. The molecule has 0 atom stereocenters. The molecule has 1 saturated carbocycles. The summed E-state index contributed by atoms with van der Waals surface area (Å²) in [6.07, 6.45) is 2.61. The Morgan fingerprint density at radius 3 is 2.67 bits per heavy atom. The quantitative estimate of drug-likeness (QED) is 0.771. The molecule has 3 heteroatoms. The average molecular weight is 225 g/mol. The molecule has 15 heavy (non-hydrogen) atoms. The number of anilines is 2. The molecule has 0 saturated heterocycles. The standard InChI is InChI=1S/C12H17ClN2/c1-12(2,8-3-4-8)15-11-7-9(13)5-6-10(11)14/h5-8,15H,3-4,14H2,1-2H3. The first-order valence-corrected chi connectivity index (χ1v) is 5.70. The first-order chi connectivity index (χ1) is 6.99. The molecule has 2 rings (SSSR count). The Kier molecular flexibility index (Phi) is 2.55. The van der Waals surface area contributed by atoms with Crippen molar-refractivity contribution in [3.8, 4) is 0 Å². The van der Waals surface area contributed by atoms with Crippen LogP contribution in [-0.2, 0) is 0 Å². The van der Waals surface area contributed by atoms with Gasteiger partial charge in [0.1, 0.15) is 0 Å². The van der Waals surface area contributed by atoms with Crippen LogP contribution < -0.4 is 11.1 Å². The molecule has 1 aromatic rings. The summed E-state index contributed by atoms with van der Waals surface area (Å²) in [6.45, 7) is 4.43. The summed E-state index contributed by atoms with van der Waals surface area (Å²) in [6, 6.07) is 5.54. The molecular formula is C12H17ClN2. The lowest BCUT2D eigenvalue weighted by molar-refractivity contribution is 0.495. The minimum atomic E-state index is 0.110. The van der Waals surface area contributed by atoms with Gasteiger partial charge in [0.2, 0.25) is 0 Å². The average Bonchev–Trinajstić information content (AvgIpc) is 2.93. The Morgan fingerprint density at radius 2 is 2.07 bits per heavy atom. The van der Waals surface area contributed by atoms with E-state index < -0.39 is 0 Å². The molecule has 1 aliphatic carbocycles. The van der Waals surface area contributed by atoms with Crippen molar-refractivity contribution in [3.05, 3.63) is 23.2 Å². The third kappa shape index (κ3) is 2.37. The third-order valence-corrected chi connectivity index (χ3v) is 3.31. The van der Waals surface area contributed by atoms with Gasteiger partial charge in [-0.2, -0.15) is 0 Å². The van der Waals surface area contributed by atoms with Gasteiger partial charge in [-0.25, -0.2) is 0 Å². The van der Waals surface area contributed by atoms with Crippen LogP contribution in [0.15, 0.2) is 18.2 Å². The van der Waals surface area contributed by atoms with E-state index in [1.54, 1.807) is 0 Å². The first-order valence-electron chi connectivity index (χ1n) is 5.32. The summed E-state index contributed by atoms with van der Waals surface area (Å²) in [5, 5.41) is 4.20. The lowest BCUT2D eigenvalue weighted by Crippen LogP contribution is -2.33. The van der Waals surface area contributed by atoms with Crippen molar-refractivity contribution < 1.29 is 0 Å². The van der Waals surface area contributed by atoms with E-state index >= 15 is 0 Å². The van der Waals surface area contributed by atoms with E-state index in [0.717, 1.165) is 22.3 Å². The number of nitrogen functional groups attached to an aromatic ring is 1. The topological polar surface area (TPSA) is 38.0 Å². The second kappa shape index (κ2) is 3.60. The number of benzene rings is 1. The van der Waals surface area contributed by atoms with Gasteiger partial charge in [-0.3, -0.25) is 0 Å². The fourth-order valence-electron chi connectivity index (χ4n) is 1.89. The second-order valence-electron chi connectivity index (χ2n) is 4.85. The molecule has 1 aromatic carbocycles. The Labute approximate surface area is 95.8 Å². The highest BCUT2D eigenvalue weighted by molar-refractivity contribution is 6.31.